The minimum Gasteiger partial charge on any atom is -0.207 e. The molecular formula is C11H7F4N. The highest BCUT2D eigenvalue weighted by atomic mass is 19.4. The molecule has 0 atom stereocenters. The van der Waals surface area contributed by atoms with Crippen LogP contribution in [0.3, 0.4) is 0 Å². The average Bonchev–Trinajstić information content (AvgIpc) is 2.97. The predicted octanol–water partition coefficient (Wildman–Crippen LogP) is 3.40. The van der Waals surface area contributed by atoms with Gasteiger partial charge in [-0.05, 0) is 25.0 Å². The van der Waals surface area contributed by atoms with Crippen LogP contribution in [0.5, 0.6) is 0 Å². The van der Waals surface area contributed by atoms with Gasteiger partial charge < -0.3 is 0 Å². The maximum Gasteiger partial charge on any atom is 0.416 e. The molecule has 0 spiro atoms. The van der Waals surface area contributed by atoms with Gasteiger partial charge in [0.05, 0.1) is 17.0 Å². The molecule has 16 heavy (non-hydrogen) atoms. The summed E-state index contributed by atoms with van der Waals surface area (Å²) >= 11 is 0. The maximum atomic E-state index is 13.5. The predicted molar refractivity (Wildman–Crippen MR) is 47.9 cm³/mol. The molecule has 0 radical (unpaired) electrons. The molecule has 0 unspecified atom stereocenters. The van der Waals surface area contributed by atoms with Crippen molar-refractivity contribution < 1.29 is 17.6 Å². The van der Waals surface area contributed by atoms with Gasteiger partial charge in [0.15, 0.2) is 0 Å². The van der Waals surface area contributed by atoms with E-state index in [1.165, 1.54) is 0 Å². The molecule has 0 amide bonds. The Morgan fingerprint density at radius 3 is 2.25 bits per heavy atom. The smallest absolute Gasteiger partial charge is 0.207 e. The Balaban J connectivity index is 2.43. The zero-order valence-corrected chi connectivity index (χ0v) is 8.11. The van der Waals surface area contributed by atoms with E-state index in [1.54, 1.807) is 0 Å². The average molecular weight is 229 g/mol. The van der Waals surface area contributed by atoms with Gasteiger partial charge in [0.2, 0.25) is 0 Å². The molecule has 1 aliphatic carbocycles. The molecule has 0 saturated heterocycles. The number of hydrogen-bond donors (Lipinski definition) is 0. The van der Waals surface area contributed by atoms with Crippen molar-refractivity contribution in [2.45, 2.75) is 24.4 Å². The monoisotopic (exact) mass is 229 g/mol. The van der Waals surface area contributed by atoms with Gasteiger partial charge in [0, 0.05) is 5.56 Å². The van der Waals surface area contributed by atoms with Crippen molar-refractivity contribution in [2.24, 2.45) is 0 Å². The second-order valence-corrected chi connectivity index (χ2v) is 3.89. The number of benzene rings is 1. The Hall–Kier alpha value is -1.57. The Labute approximate surface area is 89.3 Å². The fourth-order valence-electron chi connectivity index (χ4n) is 1.65. The van der Waals surface area contributed by atoms with Gasteiger partial charge in [-0.3, -0.25) is 0 Å². The standard InChI is InChI=1S/C11H7F4N/c12-9-5-7(11(13,14)15)1-2-8(9)10(6-16)3-4-10/h1-2,5H,3-4H2. The van der Waals surface area contributed by atoms with Crippen LogP contribution in [0.4, 0.5) is 17.6 Å². The molecule has 1 aromatic rings. The quantitative estimate of drug-likeness (QED) is 0.677. The van der Waals surface area contributed by atoms with Crippen molar-refractivity contribution >= 4 is 0 Å². The Bertz CT molecular complexity index is 466. The summed E-state index contributed by atoms with van der Waals surface area (Å²) in [6.07, 6.45) is -3.54. The summed E-state index contributed by atoms with van der Waals surface area (Å²) in [6.45, 7) is 0. The van der Waals surface area contributed by atoms with Crippen molar-refractivity contribution in [1.29, 1.82) is 5.26 Å². The summed E-state index contributed by atoms with van der Waals surface area (Å²) in [6, 6.07) is 4.28. The van der Waals surface area contributed by atoms with E-state index < -0.39 is 23.0 Å². The lowest BCUT2D eigenvalue weighted by molar-refractivity contribution is -0.137. The lowest BCUT2D eigenvalue weighted by Gasteiger charge is -2.11. The van der Waals surface area contributed by atoms with Gasteiger partial charge in [0.1, 0.15) is 5.82 Å². The molecule has 0 aliphatic heterocycles. The molecule has 0 N–H and O–H groups in total. The first-order valence-corrected chi connectivity index (χ1v) is 4.67. The SMILES string of the molecule is N#CC1(c2ccc(C(F)(F)F)cc2F)CC1. The van der Waals surface area contributed by atoms with Crippen molar-refractivity contribution in [2.75, 3.05) is 0 Å². The zero-order chi connectivity index (χ0) is 12.0. The van der Waals surface area contributed by atoms with Crippen LogP contribution in [-0.4, -0.2) is 0 Å². The lowest BCUT2D eigenvalue weighted by Crippen LogP contribution is -2.10. The number of hydrogen-bond acceptors (Lipinski definition) is 1. The normalized spacial score (nSPS) is 17.9. The summed E-state index contributed by atoms with van der Waals surface area (Å²) < 4.78 is 50.2. The maximum absolute atomic E-state index is 13.5. The van der Waals surface area contributed by atoms with E-state index in [9.17, 15) is 17.6 Å². The zero-order valence-electron chi connectivity index (χ0n) is 8.11. The fourth-order valence-corrected chi connectivity index (χ4v) is 1.65. The van der Waals surface area contributed by atoms with Gasteiger partial charge in [-0.25, -0.2) is 4.39 Å². The van der Waals surface area contributed by atoms with E-state index in [0.29, 0.717) is 18.9 Å². The van der Waals surface area contributed by atoms with E-state index in [2.05, 4.69) is 0 Å². The molecule has 2 rings (SSSR count). The van der Waals surface area contributed by atoms with E-state index in [0.717, 1.165) is 12.1 Å². The molecule has 1 nitrogen and oxygen atoms in total. The molecule has 1 aliphatic rings. The van der Waals surface area contributed by atoms with E-state index in [1.807, 2.05) is 6.07 Å². The van der Waals surface area contributed by atoms with Gasteiger partial charge in [-0.1, -0.05) is 6.07 Å². The number of halogens is 4. The van der Waals surface area contributed by atoms with Crippen LogP contribution >= 0.6 is 0 Å². The number of nitriles is 1. The lowest BCUT2D eigenvalue weighted by atomic mass is 9.96. The van der Waals surface area contributed by atoms with Crippen molar-refractivity contribution in [3.63, 3.8) is 0 Å². The second kappa shape index (κ2) is 3.21. The van der Waals surface area contributed by atoms with Crippen LogP contribution in [0.1, 0.15) is 24.0 Å². The highest BCUT2D eigenvalue weighted by Gasteiger charge is 2.47. The van der Waals surface area contributed by atoms with Gasteiger partial charge in [-0.15, -0.1) is 0 Å². The first-order chi connectivity index (χ1) is 7.39. The summed E-state index contributed by atoms with van der Waals surface area (Å²) in [7, 11) is 0. The summed E-state index contributed by atoms with van der Waals surface area (Å²) in [5.41, 5.74) is -1.85. The fraction of sp³-hybridized carbons (Fsp3) is 0.364. The molecule has 1 aromatic carbocycles. The van der Waals surface area contributed by atoms with E-state index in [-0.39, 0.29) is 5.56 Å². The van der Waals surface area contributed by atoms with Crippen LogP contribution in [0.25, 0.3) is 0 Å². The minimum atomic E-state index is -4.55. The Morgan fingerprint density at radius 2 is 1.88 bits per heavy atom. The van der Waals surface area contributed by atoms with Crippen LogP contribution in [0.2, 0.25) is 0 Å². The Kier molecular flexibility index (Phi) is 2.19. The van der Waals surface area contributed by atoms with Gasteiger partial charge in [-0.2, -0.15) is 18.4 Å². The molecule has 5 heteroatoms. The van der Waals surface area contributed by atoms with Crippen LogP contribution < -0.4 is 0 Å². The van der Waals surface area contributed by atoms with Crippen LogP contribution in [-0.2, 0) is 11.6 Å². The highest BCUT2D eigenvalue weighted by Crippen LogP contribution is 2.48. The van der Waals surface area contributed by atoms with Gasteiger partial charge in [0.25, 0.3) is 0 Å². The molecule has 0 aromatic heterocycles. The molecule has 1 fully saturated rings. The third kappa shape index (κ3) is 1.64. The Morgan fingerprint density at radius 1 is 1.25 bits per heavy atom. The first-order valence-electron chi connectivity index (χ1n) is 4.67. The van der Waals surface area contributed by atoms with Crippen LogP contribution in [0, 0.1) is 17.1 Å². The second-order valence-electron chi connectivity index (χ2n) is 3.89. The summed E-state index contributed by atoms with van der Waals surface area (Å²) in [5.74, 6) is -0.950. The molecule has 0 bridgehead atoms. The molecular weight excluding hydrogens is 222 g/mol. The van der Waals surface area contributed by atoms with E-state index >= 15 is 0 Å². The van der Waals surface area contributed by atoms with Crippen molar-refractivity contribution in [1.82, 2.24) is 0 Å². The molecule has 1 saturated carbocycles. The summed E-state index contributed by atoms with van der Waals surface area (Å²) in [5, 5.41) is 8.82. The van der Waals surface area contributed by atoms with Crippen molar-refractivity contribution in [3.05, 3.63) is 35.1 Å². The highest BCUT2D eigenvalue weighted by molar-refractivity contribution is 5.41. The summed E-state index contributed by atoms with van der Waals surface area (Å²) in [4.78, 5) is 0. The van der Waals surface area contributed by atoms with Crippen molar-refractivity contribution in [3.8, 4) is 6.07 Å². The van der Waals surface area contributed by atoms with E-state index in [4.69, 9.17) is 5.26 Å². The number of rotatable bonds is 1. The van der Waals surface area contributed by atoms with Crippen LogP contribution in [0.15, 0.2) is 18.2 Å². The third-order valence-electron chi connectivity index (χ3n) is 2.78. The molecule has 84 valence electrons. The minimum absolute atomic E-state index is 0.0722. The number of alkyl halides is 3. The largest absolute Gasteiger partial charge is 0.416 e. The topological polar surface area (TPSA) is 23.8 Å². The third-order valence-corrected chi connectivity index (χ3v) is 2.78. The number of nitrogens with zero attached hydrogens (tertiary/aromatic N) is 1. The molecule has 0 heterocycles. The first kappa shape index (κ1) is 10.9. The van der Waals surface area contributed by atoms with Gasteiger partial charge >= 0.3 is 6.18 Å².